The SMILES string of the molecule is c1ccc2cc3c(cc2c1)oc1cc(-n2c4ccccc4c4cc5ccccc5cc42)cc(C2=NC(c4cccc5oc6ccccc6c45)=NC(c4cccc5oc6ccccc6c45)N2)c13. The van der Waals surface area contributed by atoms with E-state index in [1.165, 1.54) is 21.5 Å². The lowest BCUT2D eigenvalue weighted by Crippen LogP contribution is -2.34. The minimum atomic E-state index is -0.553. The number of para-hydroxylation sites is 3. The number of benzene rings is 10. The van der Waals surface area contributed by atoms with Crippen molar-refractivity contribution in [1.29, 1.82) is 0 Å². The molecule has 1 N–H and O–H groups in total. The predicted octanol–water partition coefficient (Wildman–Crippen LogP) is 15.3. The summed E-state index contributed by atoms with van der Waals surface area (Å²) in [6.45, 7) is 0. The zero-order chi connectivity index (χ0) is 43.0. The first-order chi connectivity index (χ1) is 32.7. The van der Waals surface area contributed by atoms with Crippen LogP contribution in [0.25, 0.3) is 115 Å². The molecule has 0 amide bonds. The second-order valence-corrected chi connectivity index (χ2v) is 17.3. The Morgan fingerprint density at radius 1 is 0.394 bits per heavy atom. The number of hydrogen-bond acceptors (Lipinski definition) is 6. The lowest BCUT2D eigenvalue weighted by Gasteiger charge is -2.25. The molecule has 0 spiro atoms. The molecular weight excluding hydrogens is 813 g/mol. The number of aromatic nitrogens is 1. The Balaban J connectivity index is 1.05. The van der Waals surface area contributed by atoms with Crippen LogP contribution < -0.4 is 5.32 Å². The van der Waals surface area contributed by atoms with Crippen molar-refractivity contribution >= 4 is 121 Å². The number of aliphatic imine (C=N–C) groups is 2. The Labute approximate surface area is 375 Å². The highest BCUT2D eigenvalue weighted by Crippen LogP contribution is 2.42. The van der Waals surface area contributed by atoms with Crippen LogP contribution in [0.2, 0.25) is 0 Å². The van der Waals surface area contributed by atoms with E-state index in [9.17, 15) is 0 Å². The number of fused-ring (bicyclic) bond motifs is 14. The van der Waals surface area contributed by atoms with Gasteiger partial charge in [0.2, 0.25) is 0 Å². The van der Waals surface area contributed by atoms with E-state index in [4.69, 9.17) is 23.2 Å². The van der Waals surface area contributed by atoms with E-state index in [2.05, 4.69) is 149 Å². The zero-order valence-corrected chi connectivity index (χ0v) is 35.1. The number of nitrogens with one attached hydrogen (secondary N) is 1. The molecule has 0 saturated heterocycles. The van der Waals surface area contributed by atoms with Gasteiger partial charge in [0, 0.05) is 65.8 Å². The van der Waals surface area contributed by atoms with Crippen molar-refractivity contribution in [3.8, 4) is 5.69 Å². The Hall–Kier alpha value is -8.94. The lowest BCUT2D eigenvalue weighted by atomic mass is 9.99. The summed E-state index contributed by atoms with van der Waals surface area (Å²) in [6.07, 6.45) is -0.553. The van der Waals surface area contributed by atoms with E-state index in [0.29, 0.717) is 11.7 Å². The van der Waals surface area contributed by atoms with Crippen LogP contribution in [0.4, 0.5) is 0 Å². The Bertz CT molecular complexity index is 4460. The van der Waals surface area contributed by atoms with Crippen molar-refractivity contribution in [3.63, 3.8) is 0 Å². The van der Waals surface area contributed by atoms with Crippen molar-refractivity contribution < 1.29 is 13.3 Å². The largest absolute Gasteiger partial charge is 0.456 e. The van der Waals surface area contributed by atoms with Crippen molar-refractivity contribution in [2.75, 3.05) is 0 Å². The molecule has 5 heterocycles. The summed E-state index contributed by atoms with van der Waals surface area (Å²) < 4.78 is 22.3. The summed E-state index contributed by atoms with van der Waals surface area (Å²) in [5.74, 6) is 1.27. The Morgan fingerprint density at radius 2 is 0.970 bits per heavy atom. The van der Waals surface area contributed by atoms with E-state index in [0.717, 1.165) is 110 Å². The average Bonchev–Trinajstić information content (AvgIpc) is 4.13. The van der Waals surface area contributed by atoms with E-state index < -0.39 is 6.17 Å². The van der Waals surface area contributed by atoms with Gasteiger partial charge in [0.25, 0.3) is 0 Å². The van der Waals surface area contributed by atoms with Crippen LogP contribution in [-0.2, 0) is 0 Å². The first-order valence-corrected chi connectivity index (χ1v) is 22.2. The highest BCUT2D eigenvalue weighted by molar-refractivity contribution is 6.26. The number of furan rings is 3. The molecule has 1 atom stereocenters. The van der Waals surface area contributed by atoms with E-state index >= 15 is 0 Å². The molecule has 0 fully saturated rings. The first-order valence-electron chi connectivity index (χ1n) is 22.2. The third-order valence-electron chi connectivity index (χ3n) is 13.6. The van der Waals surface area contributed by atoms with Gasteiger partial charge in [-0.2, -0.15) is 0 Å². The molecule has 14 aromatic rings. The second-order valence-electron chi connectivity index (χ2n) is 17.3. The molecule has 1 unspecified atom stereocenters. The fourth-order valence-corrected chi connectivity index (χ4v) is 10.7. The fraction of sp³-hybridized carbons (Fsp3) is 0.0169. The van der Waals surface area contributed by atoms with Crippen LogP contribution in [0.5, 0.6) is 0 Å². The van der Waals surface area contributed by atoms with E-state index in [1.807, 2.05) is 54.6 Å². The van der Waals surface area contributed by atoms with Crippen molar-refractivity contribution in [3.05, 3.63) is 211 Å². The topological polar surface area (TPSA) is 81.1 Å². The lowest BCUT2D eigenvalue weighted by molar-refractivity contribution is 0.662. The molecule has 7 heteroatoms. The molecule has 10 aromatic carbocycles. The van der Waals surface area contributed by atoms with E-state index in [1.54, 1.807) is 0 Å². The summed E-state index contributed by atoms with van der Waals surface area (Å²) in [4.78, 5) is 11.1. The zero-order valence-electron chi connectivity index (χ0n) is 35.1. The summed E-state index contributed by atoms with van der Waals surface area (Å²) in [7, 11) is 0. The maximum absolute atomic E-state index is 6.99. The predicted molar refractivity (Wildman–Crippen MR) is 269 cm³/mol. The third-order valence-corrected chi connectivity index (χ3v) is 13.6. The summed E-state index contributed by atoms with van der Waals surface area (Å²) in [5, 5.41) is 16.9. The van der Waals surface area contributed by atoms with Crippen LogP contribution >= 0.6 is 0 Å². The molecule has 0 radical (unpaired) electrons. The Morgan fingerprint density at radius 3 is 1.74 bits per heavy atom. The third kappa shape index (κ3) is 5.08. The van der Waals surface area contributed by atoms with Crippen LogP contribution in [0.15, 0.2) is 217 Å². The van der Waals surface area contributed by atoms with Gasteiger partial charge in [-0.1, -0.05) is 127 Å². The molecule has 66 heavy (non-hydrogen) atoms. The molecule has 15 rings (SSSR count). The minimum absolute atomic E-state index is 0.553. The van der Waals surface area contributed by atoms with Crippen LogP contribution in [0, 0.1) is 0 Å². The highest BCUT2D eigenvalue weighted by Gasteiger charge is 2.29. The molecule has 308 valence electrons. The van der Waals surface area contributed by atoms with Gasteiger partial charge in [0.1, 0.15) is 45.5 Å². The molecular formula is C59H34N4O3. The van der Waals surface area contributed by atoms with E-state index in [-0.39, 0.29) is 0 Å². The van der Waals surface area contributed by atoms with Crippen molar-refractivity contribution in [2.24, 2.45) is 9.98 Å². The van der Waals surface area contributed by atoms with Gasteiger partial charge < -0.3 is 23.1 Å². The van der Waals surface area contributed by atoms with Gasteiger partial charge in [-0.05, 0) is 82.2 Å². The molecule has 0 bridgehead atoms. The number of hydrogen-bond donors (Lipinski definition) is 1. The number of amidine groups is 2. The fourth-order valence-electron chi connectivity index (χ4n) is 10.7. The summed E-state index contributed by atoms with van der Waals surface area (Å²) >= 11 is 0. The Kier molecular flexibility index (Phi) is 7.15. The monoisotopic (exact) mass is 846 g/mol. The van der Waals surface area contributed by atoms with Gasteiger partial charge in [-0.25, -0.2) is 9.98 Å². The molecule has 0 aliphatic carbocycles. The van der Waals surface area contributed by atoms with Gasteiger partial charge in [0.15, 0.2) is 5.84 Å². The molecule has 4 aromatic heterocycles. The highest BCUT2D eigenvalue weighted by atomic mass is 16.3. The maximum Gasteiger partial charge on any atom is 0.160 e. The van der Waals surface area contributed by atoms with Gasteiger partial charge in [0.05, 0.1) is 16.7 Å². The van der Waals surface area contributed by atoms with Crippen LogP contribution in [0.3, 0.4) is 0 Å². The number of rotatable bonds is 4. The first kappa shape index (κ1) is 35.5. The average molecular weight is 847 g/mol. The molecule has 1 aliphatic rings. The molecule has 7 nitrogen and oxygen atoms in total. The van der Waals surface area contributed by atoms with Gasteiger partial charge in [-0.15, -0.1) is 0 Å². The second kappa shape index (κ2) is 13.3. The van der Waals surface area contributed by atoms with Gasteiger partial charge in [-0.3, -0.25) is 0 Å². The summed E-state index contributed by atoms with van der Waals surface area (Å²) in [6, 6.07) is 67.9. The maximum atomic E-state index is 6.99. The van der Waals surface area contributed by atoms with Crippen molar-refractivity contribution in [1.82, 2.24) is 9.88 Å². The standard InChI is InChI=1S/C59H34N4O3/c1-3-15-35-29-47-43(27-33(35)13-1)38-17-5-8-22-46(38)63(47)37-31-45(56-44-28-34-14-2-4-16-36(34)30-52(44)66-53(56)32-37)59-61-57(41-20-11-25-50-54(41)39-18-6-9-23-48(39)64-50)60-58(62-59)42-21-12-26-51-55(42)40-19-7-10-24-49(40)65-51/h1-32,57H,(H,60,61,62). The van der Waals surface area contributed by atoms with Crippen LogP contribution in [-0.4, -0.2) is 16.2 Å². The smallest absolute Gasteiger partial charge is 0.160 e. The van der Waals surface area contributed by atoms with Crippen LogP contribution in [0.1, 0.15) is 22.9 Å². The normalized spacial score (nSPS) is 14.5. The molecule has 0 saturated carbocycles. The quantitative estimate of drug-likeness (QED) is 0.191. The van der Waals surface area contributed by atoms with Crippen molar-refractivity contribution in [2.45, 2.75) is 6.17 Å². The minimum Gasteiger partial charge on any atom is -0.456 e. The molecule has 1 aliphatic heterocycles. The van der Waals surface area contributed by atoms with Gasteiger partial charge >= 0.3 is 0 Å². The summed E-state index contributed by atoms with van der Waals surface area (Å²) in [5.41, 5.74) is 10.7. The number of nitrogens with zero attached hydrogens (tertiary/aromatic N) is 3.